The van der Waals surface area contributed by atoms with Gasteiger partial charge < -0.3 is 0 Å². The number of hydrogen-bond acceptors (Lipinski definition) is 1. The summed E-state index contributed by atoms with van der Waals surface area (Å²) in [6.07, 6.45) is 0. The second-order valence-electron chi connectivity index (χ2n) is 3.87. The summed E-state index contributed by atoms with van der Waals surface area (Å²) in [4.78, 5) is 11.3. The van der Waals surface area contributed by atoms with Gasteiger partial charge in [-0.15, -0.1) is 0 Å². The van der Waals surface area contributed by atoms with Crippen molar-refractivity contribution in [3.05, 3.63) is 55.9 Å². The van der Waals surface area contributed by atoms with E-state index in [1.165, 1.54) is 6.92 Å². The molecule has 0 radical (unpaired) electrons. The van der Waals surface area contributed by atoms with E-state index in [1.54, 1.807) is 12.1 Å². The summed E-state index contributed by atoms with van der Waals surface area (Å²) in [6, 6.07) is 11.3. The van der Waals surface area contributed by atoms with E-state index in [0.29, 0.717) is 10.6 Å². The minimum absolute atomic E-state index is 0.0123. The largest absolute Gasteiger partial charge is 0.295 e. The number of rotatable bonds is 2. The van der Waals surface area contributed by atoms with Crippen molar-refractivity contribution in [2.45, 2.75) is 6.92 Å². The molecule has 1 nitrogen and oxygen atoms in total. The van der Waals surface area contributed by atoms with Gasteiger partial charge in [-0.3, -0.25) is 4.79 Å². The van der Waals surface area contributed by atoms with Crippen LogP contribution in [0.25, 0.3) is 11.1 Å². The van der Waals surface area contributed by atoms with E-state index in [2.05, 4.69) is 31.9 Å². The normalized spacial score (nSPS) is 10.4. The summed E-state index contributed by atoms with van der Waals surface area (Å²) in [6.45, 7) is 1.53. The zero-order valence-corrected chi connectivity index (χ0v) is 13.4. The van der Waals surface area contributed by atoms with Crippen LogP contribution in [-0.4, -0.2) is 5.78 Å². The van der Waals surface area contributed by atoms with E-state index in [1.807, 2.05) is 24.3 Å². The molecule has 2 aromatic rings. The highest BCUT2D eigenvalue weighted by Gasteiger charge is 2.10. The first-order valence-electron chi connectivity index (χ1n) is 5.25. The number of hydrogen-bond donors (Lipinski definition) is 0. The Labute approximate surface area is 127 Å². The van der Waals surface area contributed by atoms with E-state index in [9.17, 15) is 4.79 Å². The highest BCUT2D eigenvalue weighted by molar-refractivity contribution is 9.11. The Balaban J connectivity index is 2.54. The van der Waals surface area contributed by atoms with Gasteiger partial charge in [-0.2, -0.15) is 0 Å². The molecule has 0 saturated heterocycles. The number of benzene rings is 2. The van der Waals surface area contributed by atoms with E-state index in [0.717, 1.165) is 20.1 Å². The summed E-state index contributed by atoms with van der Waals surface area (Å²) in [5.41, 5.74) is 2.52. The van der Waals surface area contributed by atoms with Crippen molar-refractivity contribution in [3.8, 4) is 11.1 Å². The van der Waals surface area contributed by atoms with Crippen LogP contribution in [0.1, 0.15) is 17.3 Å². The molecule has 0 heterocycles. The first kappa shape index (κ1) is 13.8. The number of halogens is 3. The van der Waals surface area contributed by atoms with Crippen LogP contribution in [0.3, 0.4) is 0 Å². The van der Waals surface area contributed by atoms with Crippen LogP contribution >= 0.6 is 43.5 Å². The van der Waals surface area contributed by atoms with Crippen LogP contribution in [0.4, 0.5) is 0 Å². The number of ketones is 1. The Hall–Kier alpha value is -0.640. The van der Waals surface area contributed by atoms with Crippen LogP contribution < -0.4 is 0 Å². The second-order valence-corrected chi connectivity index (χ2v) is 6.05. The molecule has 4 heteroatoms. The molecule has 0 unspecified atom stereocenters. The van der Waals surface area contributed by atoms with Crippen LogP contribution in [0.5, 0.6) is 0 Å². The predicted octanol–water partition coefficient (Wildman–Crippen LogP) is 5.73. The number of carbonyl (C=O) groups is 1. The Kier molecular flexibility index (Phi) is 4.25. The molecule has 0 atom stereocenters. The quantitative estimate of drug-likeness (QED) is 0.600. The van der Waals surface area contributed by atoms with Gasteiger partial charge in [0, 0.05) is 25.1 Å². The fraction of sp³-hybridized carbons (Fsp3) is 0.0714. The maximum absolute atomic E-state index is 11.3. The molecule has 0 aromatic heterocycles. The van der Waals surface area contributed by atoms with Gasteiger partial charge in [-0.1, -0.05) is 61.7 Å². The van der Waals surface area contributed by atoms with Crippen molar-refractivity contribution in [2.75, 3.05) is 0 Å². The van der Waals surface area contributed by atoms with Gasteiger partial charge in [0.1, 0.15) is 0 Å². The summed E-state index contributed by atoms with van der Waals surface area (Å²) >= 11 is 13.2. The van der Waals surface area contributed by atoms with Crippen molar-refractivity contribution in [3.63, 3.8) is 0 Å². The SMILES string of the molecule is CC(=O)c1ccc(-c2ccc(Br)cc2Br)c(Cl)c1. The summed E-state index contributed by atoms with van der Waals surface area (Å²) in [5.74, 6) is 0.0123. The van der Waals surface area contributed by atoms with Gasteiger partial charge in [0.05, 0.1) is 0 Å². The Morgan fingerprint density at radius 2 is 1.72 bits per heavy atom. The third-order valence-corrected chi connectivity index (χ3v) is 4.06. The topological polar surface area (TPSA) is 17.1 Å². The second kappa shape index (κ2) is 5.55. The molecule has 0 fully saturated rings. The average Bonchev–Trinajstić information content (AvgIpc) is 2.30. The Morgan fingerprint density at radius 1 is 1.06 bits per heavy atom. The predicted molar refractivity (Wildman–Crippen MR) is 82.3 cm³/mol. The van der Waals surface area contributed by atoms with Gasteiger partial charge >= 0.3 is 0 Å². The summed E-state index contributed by atoms with van der Waals surface area (Å²) in [5, 5.41) is 0.575. The Morgan fingerprint density at radius 3 is 2.28 bits per heavy atom. The molecule has 0 saturated carbocycles. The zero-order valence-electron chi connectivity index (χ0n) is 9.51. The molecule has 0 aliphatic heterocycles. The van der Waals surface area contributed by atoms with Gasteiger partial charge in [0.2, 0.25) is 0 Å². The Bertz CT molecular complexity index is 623. The van der Waals surface area contributed by atoms with Crippen LogP contribution in [0.15, 0.2) is 45.3 Å². The lowest BCUT2D eigenvalue weighted by Gasteiger charge is -2.08. The van der Waals surface area contributed by atoms with Crippen LogP contribution in [-0.2, 0) is 0 Å². The smallest absolute Gasteiger partial charge is 0.159 e. The molecule has 92 valence electrons. The highest BCUT2D eigenvalue weighted by Crippen LogP contribution is 2.35. The molecule has 0 aliphatic carbocycles. The van der Waals surface area contributed by atoms with E-state index in [-0.39, 0.29) is 5.78 Å². The molecule has 0 aliphatic rings. The molecule has 0 N–H and O–H groups in total. The molecule has 18 heavy (non-hydrogen) atoms. The third-order valence-electron chi connectivity index (χ3n) is 2.60. The maximum Gasteiger partial charge on any atom is 0.159 e. The minimum atomic E-state index is 0.0123. The lowest BCUT2D eigenvalue weighted by Crippen LogP contribution is -1.92. The first-order valence-corrected chi connectivity index (χ1v) is 7.21. The van der Waals surface area contributed by atoms with Crippen LogP contribution in [0.2, 0.25) is 5.02 Å². The fourth-order valence-corrected chi connectivity index (χ4v) is 3.20. The van der Waals surface area contributed by atoms with Gasteiger partial charge in [-0.05, 0) is 30.7 Å². The van der Waals surface area contributed by atoms with E-state index in [4.69, 9.17) is 11.6 Å². The van der Waals surface area contributed by atoms with Gasteiger partial charge in [-0.25, -0.2) is 0 Å². The molecular formula is C14H9Br2ClO. The summed E-state index contributed by atoms with van der Waals surface area (Å²) in [7, 11) is 0. The first-order chi connectivity index (χ1) is 8.49. The fourth-order valence-electron chi connectivity index (χ4n) is 1.66. The molecule has 2 aromatic carbocycles. The van der Waals surface area contributed by atoms with Crippen molar-refractivity contribution >= 4 is 49.2 Å². The van der Waals surface area contributed by atoms with Gasteiger partial charge in [0.25, 0.3) is 0 Å². The van der Waals surface area contributed by atoms with Crippen LogP contribution in [0, 0.1) is 0 Å². The number of carbonyl (C=O) groups excluding carboxylic acids is 1. The lowest BCUT2D eigenvalue weighted by molar-refractivity contribution is 0.101. The monoisotopic (exact) mass is 386 g/mol. The third kappa shape index (κ3) is 2.85. The average molecular weight is 388 g/mol. The summed E-state index contributed by atoms with van der Waals surface area (Å²) < 4.78 is 1.95. The van der Waals surface area contributed by atoms with Crippen molar-refractivity contribution in [1.82, 2.24) is 0 Å². The molecular weight excluding hydrogens is 379 g/mol. The molecule has 0 amide bonds. The van der Waals surface area contributed by atoms with Gasteiger partial charge in [0.15, 0.2) is 5.78 Å². The van der Waals surface area contributed by atoms with Crippen molar-refractivity contribution in [1.29, 1.82) is 0 Å². The van der Waals surface area contributed by atoms with E-state index >= 15 is 0 Å². The van der Waals surface area contributed by atoms with Crippen molar-refractivity contribution < 1.29 is 4.79 Å². The maximum atomic E-state index is 11.3. The standard InChI is InChI=1S/C14H9Br2ClO/c1-8(18)9-2-4-12(14(17)6-9)11-5-3-10(15)7-13(11)16/h2-7H,1H3. The lowest BCUT2D eigenvalue weighted by atomic mass is 10.0. The number of Topliss-reactive ketones (excluding diaryl/α,β-unsaturated/α-hetero) is 1. The minimum Gasteiger partial charge on any atom is -0.295 e. The molecule has 0 bridgehead atoms. The molecule has 2 rings (SSSR count). The highest BCUT2D eigenvalue weighted by atomic mass is 79.9. The zero-order chi connectivity index (χ0) is 13.3. The molecule has 0 spiro atoms. The van der Waals surface area contributed by atoms with E-state index < -0.39 is 0 Å². The van der Waals surface area contributed by atoms with Crippen molar-refractivity contribution in [2.24, 2.45) is 0 Å².